The minimum Gasteiger partial charge on any atom is -0.397 e. The number of hydrogen-bond donors (Lipinski definition) is 2. The summed E-state index contributed by atoms with van der Waals surface area (Å²) in [4.78, 5) is 0. The van der Waals surface area contributed by atoms with Crippen LogP contribution in [0.15, 0.2) is 48.5 Å². The van der Waals surface area contributed by atoms with Crippen molar-refractivity contribution in [3.8, 4) is 6.07 Å². The Balaban J connectivity index is 2.03. The summed E-state index contributed by atoms with van der Waals surface area (Å²) < 4.78 is 0. The Kier molecular flexibility index (Phi) is 4.04. The lowest BCUT2D eigenvalue weighted by atomic mass is 10.1. The Labute approximate surface area is 113 Å². The summed E-state index contributed by atoms with van der Waals surface area (Å²) in [6.07, 6.45) is 0.931. The first-order valence-corrected chi connectivity index (χ1v) is 6.29. The Morgan fingerprint density at radius 3 is 2.58 bits per heavy atom. The van der Waals surface area contributed by atoms with Crippen LogP contribution in [0.5, 0.6) is 0 Å². The van der Waals surface area contributed by atoms with E-state index in [1.165, 1.54) is 5.56 Å². The molecule has 0 aliphatic carbocycles. The van der Waals surface area contributed by atoms with Crippen molar-refractivity contribution < 1.29 is 0 Å². The highest BCUT2D eigenvalue weighted by molar-refractivity contribution is 5.68. The maximum atomic E-state index is 8.80. The summed E-state index contributed by atoms with van der Waals surface area (Å²) in [5.74, 6) is 0. The van der Waals surface area contributed by atoms with Crippen molar-refractivity contribution in [2.75, 3.05) is 11.1 Å². The van der Waals surface area contributed by atoms with Crippen LogP contribution >= 0.6 is 0 Å². The van der Waals surface area contributed by atoms with E-state index in [1.807, 2.05) is 24.3 Å². The third-order valence-electron chi connectivity index (χ3n) is 2.97. The second-order valence-electron chi connectivity index (χ2n) is 4.65. The first-order chi connectivity index (χ1) is 9.19. The number of nitrogens with zero attached hydrogens (tertiary/aromatic N) is 1. The first-order valence-electron chi connectivity index (χ1n) is 6.29. The highest BCUT2D eigenvalue weighted by Crippen LogP contribution is 2.21. The summed E-state index contributed by atoms with van der Waals surface area (Å²) in [7, 11) is 0. The van der Waals surface area contributed by atoms with Gasteiger partial charge in [-0.05, 0) is 37.1 Å². The van der Waals surface area contributed by atoms with Gasteiger partial charge in [0.25, 0.3) is 0 Å². The molecule has 0 spiro atoms. The van der Waals surface area contributed by atoms with E-state index in [2.05, 4.69) is 30.4 Å². The molecular formula is C16H17N3. The predicted octanol–water partition coefficient (Wildman–Crippen LogP) is 3.18. The lowest BCUT2D eigenvalue weighted by molar-refractivity contribution is 0.791. The largest absolute Gasteiger partial charge is 0.397 e. The smallest absolute Gasteiger partial charge is 0.0992 e. The van der Waals surface area contributed by atoms with Crippen molar-refractivity contribution in [2.45, 2.75) is 19.4 Å². The van der Waals surface area contributed by atoms with E-state index in [9.17, 15) is 0 Å². The highest BCUT2D eigenvalue weighted by atomic mass is 14.9. The zero-order valence-electron chi connectivity index (χ0n) is 10.9. The summed E-state index contributed by atoms with van der Waals surface area (Å²) in [5, 5.41) is 12.2. The molecule has 3 N–H and O–H groups in total. The van der Waals surface area contributed by atoms with Gasteiger partial charge in [-0.15, -0.1) is 0 Å². The van der Waals surface area contributed by atoms with E-state index < -0.39 is 0 Å². The molecule has 0 radical (unpaired) electrons. The predicted molar refractivity (Wildman–Crippen MR) is 78.8 cm³/mol. The van der Waals surface area contributed by atoms with E-state index in [1.54, 1.807) is 12.1 Å². The van der Waals surface area contributed by atoms with Gasteiger partial charge in [0.1, 0.15) is 0 Å². The van der Waals surface area contributed by atoms with Crippen molar-refractivity contribution in [1.82, 2.24) is 0 Å². The van der Waals surface area contributed by atoms with Crippen LogP contribution < -0.4 is 11.1 Å². The number of nitrogens with one attached hydrogen (secondary N) is 1. The van der Waals surface area contributed by atoms with Gasteiger partial charge in [0.15, 0.2) is 0 Å². The molecule has 0 aromatic heterocycles. The number of nitrogens with two attached hydrogens (primary N) is 1. The third-order valence-corrected chi connectivity index (χ3v) is 2.97. The summed E-state index contributed by atoms with van der Waals surface area (Å²) in [5.41, 5.74) is 9.28. The van der Waals surface area contributed by atoms with Crippen LogP contribution in [0.4, 0.5) is 11.4 Å². The van der Waals surface area contributed by atoms with Crippen molar-refractivity contribution in [3.05, 3.63) is 59.7 Å². The monoisotopic (exact) mass is 251 g/mol. The van der Waals surface area contributed by atoms with E-state index in [0.717, 1.165) is 12.1 Å². The van der Waals surface area contributed by atoms with Gasteiger partial charge in [0.05, 0.1) is 23.0 Å². The second kappa shape index (κ2) is 5.92. The minimum absolute atomic E-state index is 0.276. The molecule has 0 saturated heterocycles. The van der Waals surface area contributed by atoms with Crippen LogP contribution in [0.1, 0.15) is 18.1 Å². The van der Waals surface area contributed by atoms with Gasteiger partial charge in [-0.3, -0.25) is 0 Å². The van der Waals surface area contributed by atoms with Crippen LogP contribution in [-0.4, -0.2) is 6.04 Å². The Morgan fingerprint density at radius 2 is 1.95 bits per heavy atom. The van der Waals surface area contributed by atoms with Gasteiger partial charge in [0, 0.05) is 6.04 Å². The molecule has 1 atom stereocenters. The average Bonchev–Trinajstić information content (AvgIpc) is 2.42. The molecule has 96 valence electrons. The van der Waals surface area contributed by atoms with Gasteiger partial charge < -0.3 is 11.1 Å². The molecule has 1 unspecified atom stereocenters. The lowest BCUT2D eigenvalue weighted by Crippen LogP contribution is -2.18. The number of nitriles is 1. The van der Waals surface area contributed by atoms with Crippen LogP contribution in [0.25, 0.3) is 0 Å². The van der Waals surface area contributed by atoms with Crippen LogP contribution in [0.2, 0.25) is 0 Å². The summed E-state index contributed by atoms with van der Waals surface area (Å²) in [6, 6.07) is 18.0. The molecule has 0 amide bonds. The number of benzene rings is 2. The van der Waals surface area contributed by atoms with Crippen LogP contribution in [-0.2, 0) is 6.42 Å². The summed E-state index contributed by atoms with van der Waals surface area (Å²) >= 11 is 0. The molecule has 0 heterocycles. The molecule has 0 fully saturated rings. The molecule has 0 aliphatic rings. The lowest BCUT2D eigenvalue weighted by Gasteiger charge is -2.17. The highest BCUT2D eigenvalue weighted by Gasteiger charge is 2.06. The second-order valence-corrected chi connectivity index (χ2v) is 4.65. The molecule has 3 heteroatoms. The molecule has 0 saturated carbocycles. The van der Waals surface area contributed by atoms with Gasteiger partial charge in [0.2, 0.25) is 0 Å². The molecule has 3 nitrogen and oxygen atoms in total. The number of anilines is 2. The molecule has 2 aromatic carbocycles. The van der Waals surface area contributed by atoms with E-state index in [-0.39, 0.29) is 6.04 Å². The molecule has 0 aliphatic heterocycles. The van der Waals surface area contributed by atoms with Crippen LogP contribution in [0.3, 0.4) is 0 Å². The molecule has 2 aromatic rings. The van der Waals surface area contributed by atoms with Crippen molar-refractivity contribution in [3.63, 3.8) is 0 Å². The van der Waals surface area contributed by atoms with Gasteiger partial charge in [-0.25, -0.2) is 0 Å². The van der Waals surface area contributed by atoms with Gasteiger partial charge in [-0.1, -0.05) is 30.3 Å². The zero-order valence-corrected chi connectivity index (χ0v) is 10.9. The molecule has 19 heavy (non-hydrogen) atoms. The maximum Gasteiger partial charge on any atom is 0.0992 e. The van der Waals surface area contributed by atoms with E-state index >= 15 is 0 Å². The number of rotatable bonds is 4. The fourth-order valence-electron chi connectivity index (χ4n) is 2.05. The van der Waals surface area contributed by atoms with Crippen molar-refractivity contribution in [1.29, 1.82) is 5.26 Å². The van der Waals surface area contributed by atoms with Gasteiger partial charge >= 0.3 is 0 Å². The maximum absolute atomic E-state index is 8.80. The first kappa shape index (κ1) is 13.0. The van der Waals surface area contributed by atoms with E-state index in [4.69, 9.17) is 11.0 Å². The van der Waals surface area contributed by atoms with Gasteiger partial charge in [-0.2, -0.15) is 5.26 Å². The number of hydrogen-bond acceptors (Lipinski definition) is 3. The topological polar surface area (TPSA) is 61.8 Å². The average molecular weight is 251 g/mol. The zero-order chi connectivity index (χ0) is 13.7. The fraction of sp³-hybridized carbons (Fsp3) is 0.188. The molecular weight excluding hydrogens is 234 g/mol. The van der Waals surface area contributed by atoms with Crippen molar-refractivity contribution in [2.24, 2.45) is 0 Å². The van der Waals surface area contributed by atoms with E-state index in [0.29, 0.717) is 11.3 Å². The Bertz CT molecular complexity index is 585. The Hall–Kier alpha value is -2.47. The Morgan fingerprint density at radius 1 is 1.21 bits per heavy atom. The molecule has 2 rings (SSSR count). The third kappa shape index (κ3) is 3.49. The number of nitrogen functional groups attached to an aromatic ring is 1. The summed E-state index contributed by atoms with van der Waals surface area (Å²) in [6.45, 7) is 2.12. The standard InChI is InChI=1S/C16H17N3/c1-12(9-13-5-3-2-4-6-13)19-16-8-7-14(11-17)10-15(16)18/h2-8,10,12,19H,9,18H2,1H3. The normalized spacial score (nSPS) is 11.6. The van der Waals surface area contributed by atoms with Crippen LogP contribution in [0, 0.1) is 11.3 Å². The quantitative estimate of drug-likeness (QED) is 0.820. The fourth-order valence-corrected chi connectivity index (χ4v) is 2.05. The van der Waals surface area contributed by atoms with Crippen molar-refractivity contribution >= 4 is 11.4 Å². The molecule has 0 bridgehead atoms. The minimum atomic E-state index is 0.276. The SMILES string of the molecule is CC(Cc1ccccc1)Nc1ccc(C#N)cc1N.